The molecular weight excluding hydrogens is 318 g/mol. The summed E-state index contributed by atoms with van der Waals surface area (Å²) in [6.45, 7) is 6.63. The van der Waals surface area contributed by atoms with Crippen molar-refractivity contribution in [2.24, 2.45) is 0 Å². The molecule has 2 aromatic rings. The molecule has 0 spiro atoms. The summed E-state index contributed by atoms with van der Waals surface area (Å²) in [7, 11) is 1.90. The molecule has 0 saturated heterocycles. The molecule has 0 aliphatic rings. The first kappa shape index (κ1) is 18.6. The lowest BCUT2D eigenvalue weighted by Gasteiger charge is -2.24. The van der Waals surface area contributed by atoms with Crippen LogP contribution in [0.2, 0.25) is 0 Å². The summed E-state index contributed by atoms with van der Waals surface area (Å²) >= 11 is 0. The molecule has 0 bridgehead atoms. The number of carbonyl (C=O) groups excluding carboxylic acids is 1. The summed E-state index contributed by atoms with van der Waals surface area (Å²) in [4.78, 5) is 24.6. The zero-order valence-electron chi connectivity index (χ0n) is 14.9. The van der Waals surface area contributed by atoms with Crippen molar-refractivity contribution in [2.75, 3.05) is 12.4 Å². The zero-order valence-corrected chi connectivity index (χ0v) is 14.9. The number of carbonyl (C=O) groups is 1. The van der Waals surface area contributed by atoms with Gasteiger partial charge in [0.15, 0.2) is 0 Å². The van der Waals surface area contributed by atoms with Gasteiger partial charge in [0.25, 0.3) is 5.69 Å². The second-order valence-corrected chi connectivity index (χ2v) is 6.31. The standard InChI is InChI=1S/C19H23N3O3/c1-13-5-6-16(14(2)11-13)12-21(4)15(3)19(23)20-17-7-9-18(10-8-17)22(24)25/h5-11,15H,12H2,1-4H3,(H,20,23). The van der Waals surface area contributed by atoms with Crippen LogP contribution in [0.15, 0.2) is 42.5 Å². The normalized spacial score (nSPS) is 12.0. The second kappa shape index (κ2) is 7.90. The highest BCUT2D eigenvalue weighted by molar-refractivity contribution is 5.94. The Kier molecular flexibility index (Phi) is 5.88. The number of nitrogens with one attached hydrogen (secondary N) is 1. The summed E-state index contributed by atoms with van der Waals surface area (Å²) in [5.41, 5.74) is 4.14. The number of rotatable bonds is 6. The first-order valence-electron chi connectivity index (χ1n) is 8.09. The third kappa shape index (κ3) is 4.87. The van der Waals surface area contributed by atoms with Gasteiger partial charge < -0.3 is 5.32 Å². The van der Waals surface area contributed by atoms with E-state index < -0.39 is 4.92 Å². The number of hydrogen-bond acceptors (Lipinski definition) is 4. The van der Waals surface area contributed by atoms with E-state index in [1.54, 1.807) is 0 Å². The summed E-state index contributed by atoms with van der Waals surface area (Å²) in [5, 5.41) is 13.5. The van der Waals surface area contributed by atoms with Crippen LogP contribution in [0.3, 0.4) is 0 Å². The maximum absolute atomic E-state index is 12.4. The van der Waals surface area contributed by atoms with Crippen molar-refractivity contribution in [2.45, 2.75) is 33.4 Å². The fourth-order valence-electron chi connectivity index (χ4n) is 2.54. The number of aryl methyl sites for hydroxylation is 2. The molecule has 0 radical (unpaired) electrons. The van der Waals surface area contributed by atoms with E-state index >= 15 is 0 Å². The lowest BCUT2D eigenvalue weighted by atomic mass is 10.0. The Labute approximate surface area is 147 Å². The Morgan fingerprint density at radius 3 is 2.40 bits per heavy atom. The maximum Gasteiger partial charge on any atom is 0.269 e. The van der Waals surface area contributed by atoms with Gasteiger partial charge in [0.2, 0.25) is 5.91 Å². The molecule has 1 atom stereocenters. The largest absolute Gasteiger partial charge is 0.325 e. The number of nitro benzene ring substituents is 1. The van der Waals surface area contributed by atoms with Gasteiger partial charge in [0, 0.05) is 24.4 Å². The van der Waals surface area contributed by atoms with Crippen LogP contribution in [0.1, 0.15) is 23.6 Å². The number of nitro groups is 1. The first-order valence-corrected chi connectivity index (χ1v) is 8.09. The van der Waals surface area contributed by atoms with Crippen LogP contribution in [0.5, 0.6) is 0 Å². The highest BCUT2D eigenvalue weighted by Gasteiger charge is 2.19. The molecule has 25 heavy (non-hydrogen) atoms. The monoisotopic (exact) mass is 341 g/mol. The van der Waals surface area contributed by atoms with Crippen molar-refractivity contribution >= 4 is 17.3 Å². The van der Waals surface area contributed by atoms with Crippen molar-refractivity contribution in [3.63, 3.8) is 0 Å². The quantitative estimate of drug-likeness (QED) is 0.642. The first-order chi connectivity index (χ1) is 11.8. The van der Waals surface area contributed by atoms with Crippen LogP contribution in [-0.4, -0.2) is 28.8 Å². The van der Waals surface area contributed by atoms with Gasteiger partial charge in [-0.25, -0.2) is 0 Å². The predicted molar refractivity (Wildman–Crippen MR) is 98.6 cm³/mol. The zero-order chi connectivity index (χ0) is 18.6. The molecular formula is C19H23N3O3. The molecule has 6 nitrogen and oxygen atoms in total. The Bertz CT molecular complexity index is 772. The molecule has 1 amide bonds. The smallest absolute Gasteiger partial charge is 0.269 e. The molecule has 0 aliphatic carbocycles. The van der Waals surface area contributed by atoms with Crippen LogP contribution >= 0.6 is 0 Å². The Balaban J connectivity index is 1.99. The van der Waals surface area contributed by atoms with Crippen molar-refractivity contribution in [3.05, 3.63) is 69.3 Å². The SMILES string of the molecule is Cc1ccc(CN(C)C(C)C(=O)Nc2ccc([N+](=O)[O-])cc2)c(C)c1. The average molecular weight is 341 g/mol. The van der Waals surface area contributed by atoms with Crippen LogP contribution < -0.4 is 5.32 Å². The molecule has 0 saturated carbocycles. The van der Waals surface area contributed by atoms with Crippen LogP contribution in [0.25, 0.3) is 0 Å². The van der Waals surface area contributed by atoms with E-state index in [-0.39, 0.29) is 17.6 Å². The molecule has 1 unspecified atom stereocenters. The highest BCUT2D eigenvalue weighted by atomic mass is 16.6. The van der Waals surface area contributed by atoms with Gasteiger partial charge in [0.1, 0.15) is 0 Å². The number of anilines is 1. The van der Waals surface area contributed by atoms with E-state index in [0.717, 1.165) is 0 Å². The molecule has 0 aromatic heterocycles. The van der Waals surface area contributed by atoms with E-state index in [1.165, 1.54) is 41.0 Å². The molecule has 0 aliphatic heterocycles. The average Bonchev–Trinajstić information content (AvgIpc) is 2.57. The number of amides is 1. The number of likely N-dealkylation sites (N-methyl/N-ethyl adjacent to an activating group) is 1. The number of nitrogens with zero attached hydrogens (tertiary/aromatic N) is 2. The van der Waals surface area contributed by atoms with Crippen LogP contribution in [0.4, 0.5) is 11.4 Å². The molecule has 0 heterocycles. The molecule has 0 fully saturated rings. The minimum Gasteiger partial charge on any atom is -0.325 e. The van der Waals surface area contributed by atoms with Crippen LogP contribution in [0, 0.1) is 24.0 Å². The Hall–Kier alpha value is -2.73. The van der Waals surface area contributed by atoms with E-state index in [2.05, 4.69) is 37.4 Å². The number of hydrogen-bond donors (Lipinski definition) is 1. The van der Waals surface area contributed by atoms with Crippen LogP contribution in [-0.2, 0) is 11.3 Å². The van der Waals surface area contributed by atoms with E-state index in [4.69, 9.17) is 0 Å². The summed E-state index contributed by atoms with van der Waals surface area (Å²) < 4.78 is 0. The molecule has 6 heteroatoms. The van der Waals surface area contributed by atoms with Crippen molar-refractivity contribution < 1.29 is 9.72 Å². The van der Waals surface area contributed by atoms with Gasteiger partial charge >= 0.3 is 0 Å². The van der Waals surface area contributed by atoms with Crippen molar-refractivity contribution in [1.82, 2.24) is 4.90 Å². The summed E-state index contributed by atoms with van der Waals surface area (Å²) in [5.74, 6) is -0.152. The third-order valence-electron chi connectivity index (χ3n) is 4.30. The maximum atomic E-state index is 12.4. The third-order valence-corrected chi connectivity index (χ3v) is 4.30. The summed E-state index contributed by atoms with van der Waals surface area (Å²) in [6, 6.07) is 11.8. The predicted octanol–water partition coefficient (Wildman–Crippen LogP) is 3.67. The van der Waals surface area contributed by atoms with Gasteiger partial charge in [-0.1, -0.05) is 23.8 Å². The van der Waals surface area contributed by atoms with Crippen molar-refractivity contribution in [3.8, 4) is 0 Å². The molecule has 2 aromatic carbocycles. The molecule has 1 N–H and O–H groups in total. The minimum absolute atomic E-state index is 0.00184. The second-order valence-electron chi connectivity index (χ2n) is 6.31. The van der Waals surface area contributed by atoms with E-state index in [1.807, 2.05) is 18.9 Å². The van der Waals surface area contributed by atoms with Gasteiger partial charge in [0.05, 0.1) is 11.0 Å². The minimum atomic E-state index is -0.466. The topological polar surface area (TPSA) is 75.5 Å². The van der Waals surface area contributed by atoms with E-state index in [0.29, 0.717) is 12.2 Å². The Morgan fingerprint density at radius 1 is 1.20 bits per heavy atom. The van der Waals surface area contributed by atoms with Gasteiger partial charge in [-0.05, 0) is 51.1 Å². The Morgan fingerprint density at radius 2 is 1.84 bits per heavy atom. The highest BCUT2D eigenvalue weighted by Crippen LogP contribution is 2.17. The molecule has 2 rings (SSSR count). The fraction of sp³-hybridized carbons (Fsp3) is 0.316. The fourth-order valence-corrected chi connectivity index (χ4v) is 2.54. The lowest BCUT2D eigenvalue weighted by molar-refractivity contribution is -0.384. The van der Waals surface area contributed by atoms with Gasteiger partial charge in [-0.2, -0.15) is 0 Å². The molecule has 132 valence electrons. The van der Waals surface area contributed by atoms with Gasteiger partial charge in [-0.15, -0.1) is 0 Å². The van der Waals surface area contributed by atoms with Gasteiger partial charge in [-0.3, -0.25) is 19.8 Å². The number of non-ortho nitro benzene ring substituents is 1. The lowest BCUT2D eigenvalue weighted by Crippen LogP contribution is -2.39. The van der Waals surface area contributed by atoms with E-state index in [9.17, 15) is 14.9 Å². The van der Waals surface area contributed by atoms with Crippen molar-refractivity contribution in [1.29, 1.82) is 0 Å². The summed E-state index contributed by atoms with van der Waals surface area (Å²) in [6.07, 6.45) is 0. The number of benzene rings is 2.